The van der Waals surface area contributed by atoms with Gasteiger partial charge in [0.2, 0.25) is 0 Å². The van der Waals surface area contributed by atoms with E-state index in [2.05, 4.69) is 0 Å². The zero-order valence-corrected chi connectivity index (χ0v) is 11.0. The van der Waals surface area contributed by atoms with E-state index in [1.807, 2.05) is 31.2 Å². The van der Waals surface area contributed by atoms with E-state index in [9.17, 15) is 8.78 Å². The Bertz CT molecular complexity index is 556. The Morgan fingerprint density at radius 2 is 1.58 bits per heavy atom. The Morgan fingerprint density at radius 3 is 2.11 bits per heavy atom. The van der Waals surface area contributed by atoms with E-state index in [0.29, 0.717) is 6.54 Å². The lowest BCUT2D eigenvalue weighted by Crippen LogP contribution is -2.19. The highest BCUT2D eigenvalue weighted by atomic mass is 19.1. The number of nitrogens with zero attached hydrogens (tertiary/aromatic N) is 1. The van der Waals surface area contributed by atoms with Gasteiger partial charge in [-0.05, 0) is 24.6 Å². The lowest BCUT2D eigenvalue weighted by Gasteiger charge is -2.21. The minimum Gasteiger partial charge on any atom is -0.399 e. The van der Waals surface area contributed by atoms with E-state index in [4.69, 9.17) is 5.73 Å². The monoisotopic (exact) mass is 262 g/mol. The number of nitrogens with two attached hydrogens (primary N) is 1. The average Bonchev–Trinajstić information content (AvgIpc) is 2.30. The smallest absolute Gasteiger partial charge is 0.151 e. The summed E-state index contributed by atoms with van der Waals surface area (Å²) in [5.41, 5.74) is 7.56. The summed E-state index contributed by atoms with van der Waals surface area (Å²) in [5, 5.41) is 0. The van der Waals surface area contributed by atoms with E-state index in [1.54, 1.807) is 7.05 Å². The Balaban J connectivity index is 2.25. The predicted octanol–water partition coefficient (Wildman–Crippen LogP) is 3.49. The van der Waals surface area contributed by atoms with Gasteiger partial charge in [0.15, 0.2) is 11.6 Å². The van der Waals surface area contributed by atoms with Crippen LogP contribution in [0.3, 0.4) is 0 Å². The molecule has 0 saturated carbocycles. The van der Waals surface area contributed by atoms with Crippen LogP contribution in [0.2, 0.25) is 0 Å². The molecule has 2 rings (SSSR count). The normalized spacial score (nSPS) is 10.5. The third-order valence-electron chi connectivity index (χ3n) is 2.96. The number of aryl methyl sites for hydroxylation is 1. The van der Waals surface area contributed by atoms with E-state index < -0.39 is 11.6 Å². The number of benzene rings is 2. The quantitative estimate of drug-likeness (QED) is 0.858. The van der Waals surface area contributed by atoms with E-state index in [0.717, 1.165) is 23.3 Å². The van der Waals surface area contributed by atoms with Crippen LogP contribution in [-0.4, -0.2) is 7.05 Å². The molecule has 0 spiro atoms. The highest BCUT2D eigenvalue weighted by Crippen LogP contribution is 2.26. The van der Waals surface area contributed by atoms with Gasteiger partial charge in [-0.1, -0.05) is 29.8 Å². The van der Waals surface area contributed by atoms with Crippen molar-refractivity contribution in [2.24, 2.45) is 0 Å². The standard InChI is InChI=1S/C15H16F2N2/c1-10-3-5-11(6-4-10)9-19(2)15-13(16)7-12(18)8-14(15)17/h3-8H,9,18H2,1-2H3. The Hall–Kier alpha value is -2.10. The topological polar surface area (TPSA) is 29.3 Å². The van der Waals surface area contributed by atoms with Crippen LogP contribution in [0.4, 0.5) is 20.2 Å². The lowest BCUT2D eigenvalue weighted by atomic mass is 10.1. The molecule has 0 aliphatic carbocycles. The van der Waals surface area contributed by atoms with Gasteiger partial charge in [-0.3, -0.25) is 0 Å². The van der Waals surface area contributed by atoms with Crippen LogP contribution in [0, 0.1) is 18.6 Å². The summed E-state index contributed by atoms with van der Waals surface area (Å²) >= 11 is 0. The molecule has 19 heavy (non-hydrogen) atoms. The summed E-state index contributed by atoms with van der Waals surface area (Å²) in [6, 6.07) is 10.1. The zero-order chi connectivity index (χ0) is 14.0. The molecular formula is C15H16F2N2. The fourth-order valence-corrected chi connectivity index (χ4v) is 2.00. The molecule has 0 aliphatic rings. The molecule has 4 heteroatoms. The van der Waals surface area contributed by atoms with Crippen molar-refractivity contribution in [1.82, 2.24) is 0 Å². The van der Waals surface area contributed by atoms with E-state index in [1.165, 1.54) is 4.90 Å². The van der Waals surface area contributed by atoms with Crippen LogP contribution in [0.5, 0.6) is 0 Å². The lowest BCUT2D eigenvalue weighted by molar-refractivity contribution is 0.578. The molecule has 0 aliphatic heterocycles. The fraction of sp³-hybridized carbons (Fsp3) is 0.200. The maximum atomic E-state index is 13.8. The molecule has 2 nitrogen and oxygen atoms in total. The molecule has 0 aromatic heterocycles. The molecule has 0 radical (unpaired) electrons. The summed E-state index contributed by atoms with van der Waals surface area (Å²) in [6.07, 6.45) is 0. The molecule has 0 saturated heterocycles. The number of anilines is 2. The summed E-state index contributed by atoms with van der Waals surface area (Å²) in [6.45, 7) is 2.42. The summed E-state index contributed by atoms with van der Waals surface area (Å²) in [4.78, 5) is 1.54. The van der Waals surface area contributed by atoms with Crippen molar-refractivity contribution in [2.45, 2.75) is 13.5 Å². The van der Waals surface area contributed by atoms with Crippen LogP contribution in [0.15, 0.2) is 36.4 Å². The molecule has 0 unspecified atom stereocenters. The van der Waals surface area contributed by atoms with E-state index >= 15 is 0 Å². The Labute approximate surface area is 111 Å². The maximum absolute atomic E-state index is 13.8. The zero-order valence-electron chi connectivity index (χ0n) is 11.0. The summed E-state index contributed by atoms with van der Waals surface area (Å²) in [5.74, 6) is -1.29. The first kappa shape index (κ1) is 13.3. The van der Waals surface area contributed by atoms with Gasteiger partial charge in [-0.2, -0.15) is 0 Å². The van der Waals surface area contributed by atoms with Gasteiger partial charge in [-0.15, -0.1) is 0 Å². The number of hydrogen-bond acceptors (Lipinski definition) is 2. The number of nitrogen functional groups attached to an aromatic ring is 1. The molecule has 0 bridgehead atoms. The molecule has 2 aromatic carbocycles. The third-order valence-corrected chi connectivity index (χ3v) is 2.96. The molecular weight excluding hydrogens is 246 g/mol. The second-order valence-electron chi connectivity index (χ2n) is 4.67. The first-order chi connectivity index (χ1) is 8.97. The van der Waals surface area contributed by atoms with Gasteiger partial charge in [-0.25, -0.2) is 8.78 Å². The van der Waals surface area contributed by atoms with Gasteiger partial charge in [0.05, 0.1) is 0 Å². The van der Waals surface area contributed by atoms with Crippen LogP contribution in [0.25, 0.3) is 0 Å². The van der Waals surface area contributed by atoms with Crippen LogP contribution in [-0.2, 0) is 6.54 Å². The number of rotatable bonds is 3. The van der Waals surface area contributed by atoms with Crippen molar-refractivity contribution in [3.63, 3.8) is 0 Å². The highest BCUT2D eigenvalue weighted by Gasteiger charge is 2.14. The minimum atomic E-state index is -0.646. The number of halogens is 2. The molecule has 2 aromatic rings. The SMILES string of the molecule is Cc1ccc(CN(C)c2c(F)cc(N)cc2F)cc1. The highest BCUT2D eigenvalue weighted by molar-refractivity contribution is 5.55. The molecule has 0 atom stereocenters. The van der Waals surface area contributed by atoms with E-state index in [-0.39, 0.29) is 11.4 Å². The largest absolute Gasteiger partial charge is 0.399 e. The average molecular weight is 262 g/mol. The van der Waals surface area contributed by atoms with Gasteiger partial charge in [0, 0.05) is 19.3 Å². The maximum Gasteiger partial charge on any atom is 0.151 e. The minimum absolute atomic E-state index is 0.0604. The van der Waals surface area contributed by atoms with Crippen molar-refractivity contribution in [2.75, 3.05) is 17.7 Å². The first-order valence-corrected chi connectivity index (χ1v) is 5.98. The Kier molecular flexibility index (Phi) is 3.69. The van der Waals surface area contributed by atoms with Crippen molar-refractivity contribution in [1.29, 1.82) is 0 Å². The van der Waals surface area contributed by atoms with Gasteiger partial charge in [0.25, 0.3) is 0 Å². The van der Waals surface area contributed by atoms with Crippen LogP contribution < -0.4 is 10.6 Å². The van der Waals surface area contributed by atoms with Crippen molar-refractivity contribution < 1.29 is 8.78 Å². The van der Waals surface area contributed by atoms with Crippen LogP contribution in [0.1, 0.15) is 11.1 Å². The number of hydrogen-bond donors (Lipinski definition) is 1. The molecule has 100 valence electrons. The van der Waals surface area contributed by atoms with Crippen molar-refractivity contribution >= 4 is 11.4 Å². The molecule has 0 heterocycles. The second kappa shape index (κ2) is 5.26. The third kappa shape index (κ3) is 3.02. The second-order valence-corrected chi connectivity index (χ2v) is 4.67. The predicted molar refractivity (Wildman–Crippen MR) is 74.1 cm³/mol. The fourth-order valence-electron chi connectivity index (χ4n) is 2.00. The molecule has 0 fully saturated rings. The van der Waals surface area contributed by atoms with Crippen molar-refractivity contribution in [3.05, 3.63) is 59.2 Å². The Morgan fingerprint density at radius 1 is 1.05 bits per heavy atom. The van der Waals surface area contributed by atoms with Crippen LogP contribution >= 0.6 is 0 Å². The summed E-state index contributed by atoms with van der Waals surface area (Å²) in [7, 11) is 1.65. The summed E-state index contributed by atoms with van der Waals surface area (Å²) < 4.78 is 27.5. The first-order valence-electron chi connectivity index (χ1n) is 5.98. The molecule has 2 N–H and O–H groups in total. The van der Waals surface area contributed by atoms with Crippen molar-refractivity contribution in [3.8, 4) is 0 Å². The van der Waals surface area contributed by atoms with Gasteiger partial charge >= 0.3 is 0 Å². The molecule has 0 amide bonds. The van der Waals surface area contributed by atoms with Gasteiger partial charge in [0.1, 0.15) is 5.69 Å². The van der Waals surface area contributed by atoms with Gasteiger partial charge < -0.3 is 10.6 Å².